The van der Waals surface area contributed by atoms with Crippen LogP contribution in [0, 0.1) is 0 Å². The highest BCUT2D eigenvalue weighted by Crippen LogP contribution is 2.19. The van der Waals surface area contributed by atoms with E-state index in [9.17, 15) is 4.79 Å². The van der Waals surface area contributed by atoms with Crippen LogP contribution in [0.1, 0.15) is 28.6 Å². The summed E-state index contributed by atoms with van der Waals surface area (Å²) in [6, 6.07) is 17.7. The molecule has 2 N–H and O–H groups in total. The number of aliphatic imine (C=N–C) groups is 1. The quantitative estimate of drug-likeness (QED) is 0.477. The molecule has 0 atom stereocenters. The van der Waals surface area contributed by atoms with E-state index in [2.05, 4.69) is 15.6 Å². The molecule has 0 fully saturated rings. The minimum Gasteiger partial charge on any atom is -0.459 e. The van der Waals surface area contributed by atoms with Gasteiger partial charge in [-0.15, -0.1) is 0 Å². The Kier molecular flexibility index (Phi) is 6.89. The largest absolute Gasteiger partial charge is 0.459 e. The molecule has 6 heteroatoms. The van der Waals surface area contributed by atoms with Crippen molar-refractivity contribution in [1.29, 1.82) is 0 Å². The summed E-state index contributed by atoms with van der Waals surface area (Å²) in [4.78, 5) is 18.3. The molecule has 1 amide bonds. The van der Waals surface area contributed by atoms with Crippen LogP contribution in [0.2, 0.25) is 0 Å². The van der Waals surface area contributed by atoms with Crippen molar-refractivity contribution in [3.63, 3.8) is 0 Å². The van der Waals surface area contributed by atoms with Crippen LogP contribution in [0.25, 0.3) is 11.0 Å². The Morgan fingerprint density at radius 2 is 1.90 bits per heavy atom. The van der Waals surface area contributed by atoms with Gasteiger partial charge in [-0.2, -0.15) is 0 Å². The molecule has 0 saturated heterocycles. The zero-order chi connectivity index (χ0) is 20.6. The Hall–Kier alpha value is -3.28. The van der Waals surface area contributed by atoms with E-state index in [1.807, 2.05) is 61.5 Å². The van der Waals surface area contributed by atoms with Crippen LogP contribution < -0.4 is 10.6 Å². The normalized spacial score (nSPS) is 11.5. The van der Waals surface area contributed by atoms with Crippen molar-refractivity contribution < 1.29 is 9.21 Å². The van der Waals surface area contributed by atoms with Gasteiger partial charge in [-0.3, -0.25) is 4.79 Å². The van der Waals surface area contributed by atoms with E-state index >= 15 is 0 Å². The molecule has 3 rings (SSSR count). The molecule has 2 aromatic carbocycles. The monoisotopic (exact) mass is 392 g/mol. The number of hydrogen-bond donors (Lipinski definition) is 2. The van der Waals surface area contributed by atoms with E-state index in [1.54, 1.807) is 19.0 Å². The first kappa shape index (κ1) is 20.5. The number of hydrogen-bond acceptors (Lipinski definition) is 3. The first-order chi connectivity index (χ1) is 14.1. The van der Waals surface area contributed by atoms with Crippen molar-refractivity contribution in [3.8, 4) is 0 Å². The van der Waals surface area contributed by atoms with Gasteiger partial charge >= 0.3 is 0 Å². The third-order valence-corrected chi connectivity index (χ3v) is 4.50. The second kappa shape index (κ2) is 9.78. The SMILES string of the molecule is CCNC(=NCc1cc2ccccc2o1)NCCc1cccc(C(=O)N(C)C)c1. The molecule has 0 aliphatic carbocycles. The van der Waals surface area contributed by atoms with Gasteiger partial charge < -0.3 is 20.0 Å². The van der Waals surface area contributed by atoms with Crippen molar-refractivity contribution in [1.82, 2.24) is 15.5 Å². The lowest BCUT2D eigenvalue weighted by Crippen LogP contribution is -2.38. The van der Waals surface area contributed by atoms with E-state index in [4.69, 9.17) is 4.42 Å². The van der Waals surface area contributed by atoms with Crippen molar-refractivity contribution in [2.75, 3.05) is 27.2 Å². The van der Waals surface area contributed by atoms with E-state index in [-0.39, 0.29) is 5.91 Å². The fourth-order valence-corrected chi connectivity index (χ4v) is 3.06. The van der Waals surface area contributed by atoms with Gasteiger partial charge in [0.1, 0.15) is 17.9 Å². The Balaban J connectivity index is 1.58. The van der Waals surface area contributed by atoms with Crippen molar-refractivity contribution in [2.24, 2.45) is 4.99 Å². The fourth-order valence-electron chi connectivity index (χ4n) is 3.06. The Labute approximate surface area is 171 Å². The van der Waals surface area contributed by atoms with Gasteiger partial charge in [-0.25, -0.2) is 4.99 Å². The molecule has 1 heterocycles. The molecule has 0 unspecified atom stereocenters. The predicted molar refractivity (Wildman–Crippen MR) is 117 cm³/mol. The lowest BCUT2D eigenvalue weighted by atomic mass is 10.1. The average molecular weight is 393 g/mol. The maximum absolute atomic E-state index is 12.1. The third kappa shape index (κ3) is 5.60. The number of guanidine groups is 1. The number of rotatable bonds is 7. The molecule has 152 valence electrons. The Morgan fingerprint density at radius 1 is 1.07 bits per heavy atom. The maximum Gasteiger partial charge on any atom is 0.253 e. The topological polar surface area (TPSA) is 69.9 Å². The molecule has 0 aliphatic rings. The van der Waals surface area contributed by atoms with Gasteiger partial charge in [0.05, 0.1) is 0 Å². The van der Waals surface area contributed by atoms with E-state index in [0.29, 0.717) is 18.7 Å². The minimum absolute atomic E-state index is 0.0144. The molecule has 0 saturated carbocycles. The maximum atomic E-state index is 12.1. The van der Waals surface area contributed by atoms with Crippen molar-refractivity contribution >= 4 is 22.8 Å². The van der Waals surface area contributed by atoms with Crippen molar-refractivity contribution in [2.45, 2.75) is 19.9 Å². The van der Waals surface area contributed by atoms with Crippen molar-refractivity contribution in [3.05, 3.63) is 71.5 Å². The third-order valence-electron chi connectivity index (χ3n) is 4.50. The Bertz CT molecular complexity index is 958. The number of amides is 1. The summed E-state index contributed by atoms with van der Waals surface area (Å²) in [5.41, 5.74) is 2.69. The number of benzene rings is 2. The summed E-state index contributed by atoms with van der Waals surface area (Å²) in [5, 5.41) is 7.69. The number of nitrogens with one attached hydrogen (secondary N) is 2. The van der Waals surface area contributed by atoms with Gasteiger partial charge in [-0.05, 0) is 43.2 Å². The molecule has 29 heavy (non-hydrogen) atoms. The lowest BCUT2D eigenvalue weighted by molar-refractivity contribution is 0.0827. The van der Waals surface area contributed by atoms with Crippen LogP contribution in [0.15, 0.2) is 64.0 Å². The van der Waals surface area contributed by atoms with Crippen LogP contribution in [-0.2, 0) is 13.0 Å². The van der Waals surface area contributed by atoms with Gasteiger partial charge in [0.2, 0.25) is 0 Å². The standard InChI is InChI=1S/C23H28N4O2/c1-4-24-23(26-16-20-15-18-9-5-6-11-21(18)29-20)25-13-12-17-8-7-10-19(14-17)22(28)27(2)3/h5-11,14-15H,4,12-13,16H2,1-3H3,(H2,24,25,26). The van der Waals surface area contributed by atoms with Crippen LogP contribution in [-0.4, -0.2) is 44.0 Å². The van der Waals surface area contributed by atoms with Crippen LogP contribution in [0.3, 0.4) is 0 Å². The molecule has 0 bridgehead atoms. The number of carbonyl (C=O) groups is 1. The van der Waals surface area contributed by atoms with Gasteiger partial charge in [-0.1, -0.05) is 30.3 Å². The van der Waals surface area contributed by atoms with E-state index in [1.165, 1.54) is 0 Å². The molecular weight excluding hydrogens is 364 g/mol. The highest BCUT2D eigenvalue weighted by molar-refractivity contribution is 5.94. The van der Waals surface area contributed by atoms with Crippen LogP contribution in [0.4, 0.5) is 0 Å². The summed E-state index contributed by atoms with van der Waals surface area (Å²) < 4.78 is 5.83. The molecule has 0 spiro atoms. The molecule has 0 radical (unpaired) electrons. The van der Waals surface area contributed by atoms with E-state index in [0.717, 1.165) is 41.2 Å². The van der Waals surface area contributed by atoms with Crippen LogP contribution >= 0.6 is 0 Å². The van der Waals surface area contributed by atoms with Gasteiger partial charge in [0.25, 0.3) is 5.91 Å². The summed E-state index contributed by atoms with van der Waals surface area (Å²) in [5.74, 6) is 1.59. The molecule has 6 nitrogen and oxygen atoms in total. The second-order valence-corrected chi connectivity index (χ2v) is 7.02. The van der Waals surface area contributed by atoms with E-state index < -0.39 is 0 Å². The first-order valence-corrected chi connectivity index (χ1v) is 9.87. The highest BCUT2D eigenvalue weighted by Gasteiger charge is 2.08. The number of carbonyl (C=O) groups excluding carboxylic acids is 1. The number of furan rings is 1. The molecule has 0 aliphatic heterocycles. The lowest BCUT2D eigenvalue weighted by Gasteiger charge is -2.13. The first-order valence-electron chi connectivity index (χ1n) is 9.87. The Morgan fingerprint density at radius 3 is 2.66 bits per heavy atom. The smallest absolute Gasteiger partial charge is 0.253 e. The summed E-state index contributed by atoms with van der Waals surface area (Å²) in [6.07, 6.45) is 0.795. The average Bonchev–Trinajstić information content (AvgIpc) is 3.14. The molecule has 1 aromatic heterocycles. The summed E-state index contributed by atoms with van der Waals surface area (Å²) in [7, 11) is 3.52. The zero-order valence-electron chi connectivity index (χ0n) is 17.2. The fraction of sp³-hybridized carbons (Fsp3) is 0.304. The molecular formula is C23H28N4O2. The minimum atomic E-state index is 0.0144. The summed E-state index contributed by atoms with van der Waals surface area (Å²) >= 11 is 0. The number of nitrogens with zero attached hydrogens (tertiary/aromatic N) is 2. The summed E-state index contributed by atoms with van der Waals surface area (Å²) in [6.45, 7) is 4.00. The second-order valence-electron chi connectivity index (χ2n) is 7.02. The number of fused-ring (bicyclic) bond motifs is 1. The predicted octanol–water partition coefficient (Wildman–Crippen LogP) is 3.43. The highest BCUT2D eigenvalue weighted by atomic mass is 16.3. The van der Waals surface area contributed by atoms with Gasteiger partial charge in [0, 0.05) is 38.1 Å². The molecule has 3 aromatic rings. The number of para-hydroxylation sites is 1. The van der Waals surface area contributed by atoms with Crippen LogP contribution in [0.5, 0.6) is 0 Å². The van der Waals surface area contributed by atoms with Gasteiger partial charge in [0.15, 0.2) is 5.96 Å². The zero-order valence-corrected chi connectivity index (χ0v) is 17.2.